The second-order valence-corrected chi connectivity index (χ2v) is 16.8. The van der Waals surface area contributed by atoms with E-state index >= 15 is 0 Å². The summed E-state index contributed by atoms with van der Waals surface area (Å²) in [5.74, 6) is -0.177. The zero-order valence-corrected chi connectivity index (χ0v) is 33.8. The summed E-state index contributed by atoms with van der Waals surface area (Å²) in [4.78, 5) is 23.0. The lowest BCUT2D eigenvalue weighted by Crippen LogP contribution is -2.45. The predicted octanol–water partition coefficient (Wildman–Crippen LogP) is 10.8. The van der Waals surface area contributed by atoms with Crippen molar-refractivity contribution in [1.82, 2.24) is 5.32 Å². The van der Waals surface area contributed by atoms with Crippen LogP contribution >= 0.6 is 7.82 Å². The van der Waals surface area contributed by atoms with Crippen LogP contribution in [0.15, 0.2) is 12.2 Å². The van der Waals surface area contributed by atoms with Crippen molar-refractivity contribution in [1.29, 1.82) is 0 Å². The highest BCUT2D eigenvalue weighted by atomic mass is 31.2. The van der Waals surface area contributed by atoms with E-state index < -0.39 is 20.0 Å². The van der Waals surface area contributed by atoms with Crippen LogP contribution in [0.5, 0.6) is 0 Å². The van der Waals surface area contributed by atoms with Crippen LogP contribution in [0.1, 0.15) is 187 Å². The average molecular weight is 718 g/mol. The number of hydrogen-bond acceptors (Lipinski definition) is 5. The van der Waals surface area contributed by atoms with E-state index in [0.29, 0.717) is 17.4 Å². The van der Waals surface area contributed by atoms with Gasteiger partial charge in [0, 0.05) is 6.42 Å². The molecular weight excluding hydrogens is 635 g/mol. The molecule has 0 heterocycles. The van der Waals surface area contributed by atoms with E-state index in [9.17, 15) is 19.4 Å². The fraction of sp³-hybridized carbons (Fsp3) is 0.925. The number of phosphoric acid groups is 1. The van der Waals surface area contributed by atoms with E-state index in [-0.39, 0.29) is 19.1 Å². The summed E-state index contributed by atoms with van der Waals surface area (Å²) in [7, 11) is 1.58. The van der Waals surface area contributed by atoms with Crippen molar-refractivity contribution in [2.24, 2.45) is 0 Å². The quantitative estimate of drug-likeness (QED) is 0.0256. The number of allylic oxidation sites excluding steroid dienone is 1. The van der Waals surface area contributed by atoms with Crippen molar-refractivity contribution in [2.75, 3.05) is 40.9 Å². The Bertz CT molecular complexity index is 819. The number of aliphatic hydroxyl groups excluding tert-OH is 1. The summed E-state index contributed by atoms with van der Waals surface area (Å²) in [6.07, 6.45) is 35.5. The Morgan fingerprint density at radius 1 is 0.673 bits per heavy atom. The molecule has 0 aliphatic heterocycles. The van der Waals surface area contributed by atoms with Gasteiger partial charge in [0.15, 0.2) is 0 Å². The zero-order chi connectivity index (χ0) is 36.5. The summed E-state index contributed by atoms with van der Waals surface area (Å²) in [5.41, 5.74) is 0. The van der Waals surface area contributed by atoms with Gasteiger partial charge < -0.3 is 19.8 Å². The zero-order valence-electron chi connectivity index (χ0n) is 32.9. The highest BCUT2D eigenvalue weighted by molar-refractivity contribution is 7.47. The van der Waals surface area contributed by atoms with Gasteiger partial charge in [-0.3, -0.25) is 13.8 Å². The normalized spacial score (nSPS) is 14.7. The first kappa shape index (κ1) is 48.2. The number of unbranched alkanes of at least 4 members (excludes halogenated alkanes) is 24. The molecule has 0 aromatic rings. The van der Waals surface area contributed by atoms with Crippen molar-refractivity contribution in [3.8, 4) is 0 Å². The Morgan fingerprint density at radius 2 is 1.08 bits per heavy atom. The van der Waals surface area contributed by atoms with Gasteiger partial charge in [-0.1, -0.05) is 174 Å². The SMILES string of the molecule is CCCCCCCCCCCCCC=C[C@@H](O)[C@H](COP(=O)(O)OCC[N+](C)(C)C)NC(=O)CCCCCCCCCCCCCCCC. The number of carbonyl (C=O) groups excluding carboxylic acids is 1. The molecule has 3 N–H and O–H groups in total. The Hall–Kier alpha value is -0.760. The molecule has 49 heavy (non-hydrogen) atoms. The molecule has 0 aromatic carbocycles. The molecule has 1 unspecified atom stereocenters. The standard InChI is InChI=1S/C40H81N2O6P/c1-6-8-10-12-14-16-18-20-22-24-26-28-30-32-34-40(44)41-38(37-48-49(45,46)47-36-35-42(3,4)5)39(43)33-31-29-27-25-23-21-19-17-15-13-11-9-7-2/h31,33,38-39,43H,6-30,32,34-37H2,1-5H3,(H-,41,44,45,46)/p+1/t38-,39+/m0/s1. The first-order valence-corrected chi connectivity index (χ1v) is 22.1. The molecule has 0 saturated carbocycles. The lowest BCUT2D eigenvalue weighted by Gasteiger charge is -2.25. The van der Waals surface area contributed by atoms with Crippen molar-refractivity contribution in [2.45, 2.75) is 199 Å². The molecule has 1 amide bonds. The van der Waals surface area contributed by atoms with Crippen LogP contribution in [0.3, 0.4) is 0 Å². The first-order valence-electron chi connectivity index (χ1n) is 20.6. The number of phosphoric ester groups is 1. The van der Waals surface area contributed by atoms with Crippen LogP contribution in [-0.4, -0.2) is 73.4 Å². The van der Waals surface area contributed by atoms with Gasteiger partial charge in [-0.15, -0.1) is 0 Å². The van der Waals surface area contributed by atoms with Crippen molar-refractivity contribution in [3.05, 3.63) is 12.2 Å². The molecule has 3 atom stereocenters. The number of likely N-dealkylation sites (N-methyl/N-ethyl adjacent to an activating group) is 1. The Labute approximate surface area is 303 Å². The smallest absolute Gasteiger partial charge is 0.387 e. The van der Waals surface area contributed by atoms with Crippen molar-refractivity contribution < 1.29 is 32.9 Å². The van der Waals surface area contributed by atoms with Crippen LogP contribution < -0.4 is 5.32 Å². The maximum Gasteiger partial charge on any atom is 0.472 e. The first-order chi connectivity index (χ1) is 23.5. The molecule has 0 fully saturated rings. The number of nitrogens with one attached hydrogen (secondary N) is 1. The molecule has 8 nitrogen and oxygen atoms in total. The van der Waals surface area contributed by atoms with Crippen LogP contribution in [0, 0.1) is 0 Å². The third-order valence-electron chi connectivity index (χ3n) is 9.26. The number of rotatable bonds is 37. The van der Waals surface area contributed by atoms with Crippen molar-refractivity contribution >= 4 is 13.7 Å². The van der Waals surface area contributed by atoms with Gasteiger partial charge in [0.2, 0.25) is 5.91 Å². The largest absolute Gasteiger partial charge is 0.472 e. The van der Waals surface area contributed by atoms with Crippen LogP contribution in [-0.2, 0) is 18.4 Å². The lowest BCUT2D eigenvalue weighted by atomic mass is 10.0. The molecule has 292 valence electrons. The molecule has 0 radical (unpaired) electrons. The van der Waals surface area contributed by atoms with Gasteiger partial charge in [0.05, 0.1) is 39.9 Å². The number of amides is 1. The van der Waals surface area contributed by atoms with E-state index in [1.165, 1.54) is 128 Å². The van der Waals surface area contributed by atoms with E-state index in [0.717, 1.165) is 38.5 Å². The predicted molar refractivity (Wildman–Crippen MR) is 208 cm³/mol. The summed E-state index contributed by atoms with van der Waals surface area (Å²) in [5, 5.41) is 13.8. The van der Waals surface area contributed by atoms with Crippen LogP contribution in [0.2, 0.25) is 0 Å². The Morgan fingerprint density at radius 3 is 1.51 bits per heavy atom. The van der Waals surface area contributed by atoms with E-state index in [1.54, 1.807) is 6.08 Å². The summed E-state index contributed by atoms with van der Waals surface area (Å²) >= 11 is 0. The molecule has 0 spiro atoms. The van der Waals surface area contributed by atoms with Gasteiger partial charge in [-0.05, 0) is 19.3 Å². The highest BCUT2D eigenvalue weighted by Crippen LogP contribution is 2.43. The minimum Gasteiger partial charge on any atom is -0.387 e. The fourth-order valence-electron chi connectivity index (χ4n) is 5.92. The maximum atomic E-state index is 12.8. The molecule has 0 rings (SSSR count). The van der Waals surface area contributed by atoms with Crippen molar-refractivity contribution in [3.63, 3.8) is 0 Å². The number of aliphatic hydroxyl groups is 1. The minimum absolute atomic E-state index is 0.0643. The summed E-state index contributed by atoms with van der Waals surface area (Å²) in [6.45, 7) is 4.81. The molecule has 0 aliphatic carbocycles. The molecule has 0 saturated heterocycles. The Kier molecular flexibility index (Phi) is 32.6. The lowest BCUT2D eigenvalue weighted by molar-refractivity contribution is -0.870. The molecular formula is C40H82N2O6P+. The molecule has 0 aliphatic rings. The van der Waals surface area contributed by atoms with Crippen LogP contribution in [0.25, 0.3) is 0 Å². The molecule has 0 bridgehead atoms. The van der Waals surface area contributed by atoms with E-state index in [2.05, 4.69) is 19.2 Å². The third-order valence-corrected chi connectivity index (χ3v) is 10.2. The Balaban J connectivity index is 4.47. The third kappa shape index (κ3) is 35.4. The van der Waals surface area contributed by atoms with Gasteiger partial charge in [0.1, 0.15) is 13.2 Å². The maximum absolute atomic E-state index is 12.8. The van der Waals surface area contributed by atoms with E-state index in [4.69, 9.17) is 9.05 Å². The van der Waals surface area contributed by atoms with Crippen LogP contribution in [0.4, 0.5) is 0 Å². The van der Waals surface area contributed by atoms with Gasteiger partial charge in [-0.2, -0.15) is 0 Å². The van der Waals surface area contributed by atoms with E-state index in [1.807, 2.05) is 27.2 Å². The minimum atomic E-state index is -4.32. The monoisotopic (exact) mass is 718 g/mol. The highest BCUT2D eigenvalue weighted by Gasteiger charge is 2.27. The number of quaternary nitrogens is 1. The number of carbonyl (C=O) groups is 1. The van der Waals surface area contributed by atoms with Gasteiger partial charge in [0.25, 0.3) is 0 Å². The average Bonchev–Trinajstić information content (AvgIpc) is 3.04. The topological polar surface area (TPSA) is 105 Å². The fourth-order valence-corrected chi connectivity index (χ4v) is 6.66. The number of nitrogens with zero attached hydrogens (tertiary/aromatic N) is 1. The second kappa shape index (κ2) is 33.1. The summed E-state index contributed by atoms with van der Waals surface area (Å²) in [6, 6.07) is -0.838. The summed E-state index contributed by atoms with van der Waals surface area (Å²) < 4.78 is 23.5. The molecule has 9 heteroatoms. The van der Waals surface area contributed by atoms with Gasteiger partial charge in [-0.25, -0.2) is 4.57 Å². The second-order valence-electron chi connectivity index (χ2n) is 15.4. The number of hydrogen-bond donors (Lipinski definition) is 3. The van der Waals surface area contributed by atoms with Gasteiger partial charge >= 0.3 is 7.82 Å². The molecule has 0 aromatic heterocycles.